The normalized spacial score (nSPS) is 18.6. The number of carbonyl (C=O) groups is 1. The first kappa shape index (κ1) is 15.5. The van der Waals surface area contributed by atoms with Gasteiger partial charge in [0.1, 0.15) is 23.5 Å². The molecule has 0 bridgehead atoms. The first-order chi connectivity index (χ1) is 10.1. The van der Waals surface area contributed by atoms with Crippen molar-refractivity contribution < 1.29 is 9.53 Å². The number of rotatable bonds is 4. The Balaban J connectivity index is 2.37. The maximum absolute atomic E-state index is 12.2. The van der Waals surface area contributed by atoms with Crippen LogP contribution < -0.4 is 16.0 Å². The molecule has 116 valence electrons. The minimum atomic E-state index is -0.378. The van der Waals surface area contributed by atoms with E-state index in [1.165, 1.54) is 0 Å². The van der Waals surface area contributed by atoms with E-state index in [-0.39, 0.29) is 11.9 Å². The van der Waals surface area contributed by atoms with Gasteiger partial charge in [-0.05, 0) is 13.8 Å². The van der Waals surface area contributed by atoms with Gasteiger partial charge in [-0.2, -0.15) is 0 Å². The Hall–Kier alpha value is -1.89. The zero-order valence-corrected chi connectivity index (χ0v) is 12.8. The Morgan fingerprint density at radius 1 is 1.48 bits per heavy atom. The third-order valence-corrected chi connectivity index (χ3v) is 3.57. The molecule has 7 heteroatoms. The van der Waals surface area contributed by atoms with Crippen molar-refractivity contribution in [3.05, 3.63) is 11.4 Å². The molecule has 0 aromatic carbocycles. The minimum Gasteiger partial charge on any atom is -0.383 e. The third kappa shape index (κ3) is 3.24. The van der Waals surface area contributed by atoms with Crippen molar-refractivity contribution in [2.75, 3.05) is 36.9 Å². The third-order valence-electron chi connectivity index (χ3n) is 3.57. The number of carbonyl (C=O) groups excluding carboxylic acids is 1. The van der Waals surface area contributed by atoms with E-state index in [0.717, 1.165) is 11.4 Å². The number of amides is 1. The summed E-state index contributed by atoms with van der Waals surface area (Å²) in [4.78, 5) is 23.0. The molecule has 1 atom stereocenters. The summed E-state index contributed by atoms with van der Waals surface area (Å²) in [6.45, 7) is 7.89. The molecule has 1 aromatic heterocycles. The molecule has 7 nitrogen and oxygen atoms in total. The first-order valence-electron chi connectivity index (χ1n) is 7.33. The fourth-order valence-corrected chi connectivity index (χ4v) is 2.37. The van der Waals surface area contributed by atoms with Crippen LogP contribution >= 0.6 is 0 Å². The molecule has 1 unspecified atom stereocenters. The number of ether oxygens (including phenoxy) is 1. The van der Waals surface area contributed by atoms with Crippen LogP contribution in [-0.4, -0.2) is 48.2 Å². The van der Waals surface area contributed by atoms with E-state index >= 15 is 0 Å². The van der Waals surface area contributed by atoms with Gasteiger partial charge in [-0.3, -0.25) is 4.79 Å². The minimum absolute atomic E-state index is 0.0492. The van der Waals surface area contributed by atoms with Crippen molar-refractivity contribution in [1.29, 1.82) is 0 Å². The van der Waals surface area contributed by atoms with Gasteiger partial charge in [0.05, 0.1) is 13.2 Å². The number of anilines is 2. The number of nitrogens with two attached hydrogens (primary N) is 1. The maximum Gasteiger partial charge on any atom is 0.245 e. The van der Waals surface area contributed by atoms with Crippen molar-refractivity contribution in [1.82, 2.24) is 15.3 Å². The Kier molecular flexibility index (Phi) is 4.95. The van der Waals surface area contributed by atoms with E-state index in [1.807, 2.05) is 25.7 Å². The maximum atomic E-state index is 12.2. The molecule has 1 aromatic rings. The largest absolute Gasteiger partial charge is 0.383 e. The van der Waals surface area contributed by atoms with Gasteiger partial charge in [-0.1, -0.05) is 6.92 Å². The predicted octanol–water partition coefficient (Wildman–Crippen LogP) is 0.271. The monoisotopic (exact) mass is 293 g/mol. The fourth-order valence-electron chi connectivity index (χ4n) is 2.37. The SMILES string of the molecule is CCNC(=O)C1COCCN1c1nc(CC)nc(N)c1C. The van der Waals surface area contributed by atoms with Crippen LogP contribution in [0.1, 0.15) is 25.2 Å². The van der Waals surface area contributed by atoms with E-state index in [9.17, 15) is 4.79 Å². The summed E-state index contributed by atoms with van der Waals surface area (Å²) in [7, 11) is 0. The number of hydrogen-bond donors (Lipinski definition) is 2. The van der Waals surface area contributed by atoms with Crippen LogP contribution in [0, 0.1) is 6.92 Å². The standard InChI is InChI=1S/C14H23N5O2/c1-4-11-17-12(15)9(3)13(18-11)19-6-7-21-8-10(19)14(20)16-5-2/h10H,4-8H2,1-3H3,(H,16,20)(H2,15,17,18). The van der Waals surface area contributed by atoms with Gasteiger partial charge in [0.2, 0.25) is 5.91 Å². The quantitative estimate of drug-likeness (QED) is 0.828. The molecule has 1 fully saturated rings. The molecular formula is C14H23N5O2. The number of aromatic nitrogens is 2. The molecule has 1 amide bonds. The molecule has 3 N–H and O–H groups in total. The summed E-state index contributed by atoms with van der Waals surface area (Å²) < 4.78 is 5.45. The number of aryl methyl sites for hydroxylation is 1. The Morgan fingerprint density at radius 3 is 2.90 bits per heavy atom. The van der Waals surface area contributed by atoms with Crippen molar-refractivity contribution in [3.8, 4) is 0 Å². The molecule has 0 spiro atoms. The number of morpholine rings is 1. The number of likely N-dealkylation sites (N-methyl/N-ethyl adjacent to an activating group) is 1. The lowest BCUT2D eigenvalue weighted by Crippen LogP contribution is -2.54. The van der Waals surface area contributed by atoms with Crippen LogP contribution in [0.4, 0.5) is 11.6 Å². The summed E-state index contributed by atoms with van der Waals surface area (Å²) >= 11 is 0. The highest BCUT2D eigenvalue weighted by Gasteiger charge is 2.31. The summed E-state index contributed by atoms with van der Waals surface area (Å²) in [5.74, 6) is 1.85. The second kappa shape index (κ2) is 6.71. The van der Waals surface area contributed by atoms with Gasteiger partial charge in [0, 0.05) is 25.1 Å². The van der Waals surface area contributed by atoms with Crippen LogP contribution in [0.15, 0.2) is 0 Å². The second-order valence-corrected chi connectivity index (χ2v) is 5.01. The Labute approximate surface area is 124 Å². The lowest BCUT2D eigenvalue weighted by molar-refractivity contribution is -0.124. The van der Waals surface area contributed by atoms with Gasteiger partial charge in [0.15, 0.2) is 0 Å². The highest BCUT2D eigenvalue weighted by Crippen LogP contribution is 2.25. The van der Waals surface area contributed by atoms with Gasteiger partial charge in [-0.25, -0.2) is 9.97 Å². The highest BCUT2D eigenvalue weighted by atomic mass is 16.5. The Morgan fingerprint density at radius 2 is 2.24 bits per heavy atom. The van der Waals surface area contributed by atoms with E-state index in [2.05, 4.69) is 15.3 Å². The van der Waals surface area contributed by atoms with E-state index in [0.29, 0.717) is 44.4 Å². The second-order valence-electron chi connectivity index (χ2n) is 5.01. The van der Waals surface area contributed by atoms with Gasteiger partial charge >= 0.3 is 0 Å². The number of nitrogens with zero attached hydrogens (tertiary/aromatic N) is 3. The molecule has 0 saturated carbocycles. The average molecular weight is 293 g/mol. The first-order valence-corrected chi connectivity index (χ1v) is 7.33. The predicted molar refractivity (Wildman–Crippen MR) is 81.2 cm³/mol. The van der Waals surface area contributed by atoms with Crippen LogP contribution in [-0.2, 0) is 16.0 Å². The molecule has 1 saturated heterocycles. The molecular weight excluding hydrogens is 270 g/mol. The fraction of sp³-hybridized carbons (Fsp3) is 0.643. The van der Waals surface area contributed by atoms with Crippen LogP contribution in [0.5, 0.6) is 0 Å². The lowest BCUT2D eigenvalue weighted by Gasteiger charge is -2.36. The highest BCUT2D eigenvalue weighted by molar-refractivity contribution is 5.85. The number of hydrogen-bond acceptors (Lipinski definition) is 6. The molecule has 0 aliphatic carbocycles. The van der Waals surface area contributed by atoms with Crippen LogP contribution in [0.2, 0.25) is 0 Å². The molecule has 2 rings (SSSR count). The van der Waals surface area contributed by atoms with Crippen molar-refractivity contribution in [2.24, 2.45) is 0 Å². The van der Waals surface area contributed by atoms with Crippen LogP contribution in [0.25, 0.3) is 0 Å². The van der Waals surface area contributed by atoms with Gasteiger partial charge in [-0.15, -0.1) is 0 Å². The summed E-state index contributed by atoms with van der Waals surface area (Å²) in [5, 5.41) is 2.84. The zero-order chi connectivity index (χ0) is 15.4. The van der Waals surface area contributed by atoms with E-state index < -0.39 is 0 Å². The molecule has 1 aliphatic heterocycles. The molecule has 2 heterocycles. The Bertz CT molecular complexity index is 520. The zero-order valence-electron chi connectivity index (χ0n) is 12.8. The molecule has 21 heavy (non-hydrogen) atoms. The van der Waals surface area contributed by atoms with E-state index in [4.69, 9.17) is 10.5 Å². The average Bonchev–Trinajstić information content (AvgIpc) is 2.50. The van der Waals surface area contributed by atoms with Crippen molar-refractivity contribution >= 4 is 17.5 Å². The van der Waals surface area contributed by atoms with Gasteiger partial charge < -0.3 is 20.7 Å². The van der Waals surface area contributed by atoms with Crippen molar-refractivity contribution in [2.45, 2.75) is 33.2 Å². The van der Waals surface area contributed by atoms with Crippen molar-refractivity contribution in [3.63, 3.8) is 0 Å². The number of nitrogen functional groups attached to an aromatic ring is 1. The van der Waals surface area contributed by atoms with Gasteiger partial charge in [0.25, 0.3) is 0 Å². The lowest BCUT2D eigenvalue weighted by atomic mass is 10.1. The van der Waals surface area contributed by atoms with Crippen LogP contribution in [0.3, 0.4) is 0 Å². The summed E-state index contributed by atoms with van der Waals surface area (Å²) in [6.07, 6.45) is 0.702. The summed E-state index contributed by atoms with van der Waals surface area (Å²) in [5.41, 5.74) is 6.78. The van der Waals surface area contributed by atoms with E-state index in [1.54, 1.807) is 0 Å². The number of nitrogens with one attached hydrogen (secondary N) is 1. The summed E-state index contributed by atoms with van der Waals surface area (Å²) in [6, 6.07) is -0.378. The smallest absolute Gasteiger partial charge is 0.245 e. The molecule has 0 radical (unpaired) electrons. The molecule has 1 aliphatic rings. The topological polar surface area (TPSA) is 93.4 Å².